The van der Waals surface area contributed by atoms with Crippen LogP contribution in [0.3, 0.4) is 0 Å². The first kappa shape index (κ1) is 18.0. The highest BCUT2D eigenvalue weighted by Gasteiger charge is 2.17. The Kier molecular flexibility index (Phi) is 6.13. The lowest BCUT2D eigenvalue weighted by Gasteiger charge is -2.21. The second-order valence-corrected chi connectivity index (χ2v) is 7.69. The number of benzene rings is 1. The molecule has 1 aromatic rings. The molecule has 5 nitrogen and oxygen atoms in total. The zero-order valence-electron chi connectivity index (χ0n) is 14.9. The third kappa shape index (κ3) is 5.08. The van der Waals surface area contributed by atoms with Crippen LogP contribution >= 0.6 is 11.8 Å². The molecule has 2 aliphatic rings. The Morgan fingerprint density at radius 1 is 1.28 bits per heavy atom. The van der Waals surface area contributed by atoms with Crippen LogP contribution < -0.4 is 10.7 Å². The maximum absolute atomic E-state index is 11.2. The van der Waals surface area contributed by atoms with E-state index >= 15 is 0 Å². The number of aliphatic imine (C=N–C) groups is 1. The van der Waals surface area contributed by atoms with E-state index in [2.05, 4.69) is 40.1 Å². The summed E-state index contributed by atoms with van der Waals surface area (Å²) >= 11 is 1.73. The Balaban J connectivity index is 1.61. The largest absolute Gasteiger partial charge is 0.350 e. The zero-order valence-corrected chi connectivity index (χ0v) is 15.7. The van der Waals surface area contributed by atoms with Crippen molar-refractivity contribution >= 4 is 28.5 Å². The maximum Gasteiger partial charge on any atom is 0.217 e. The lowest BCUT2D eigenvalue weighted by molar-refractivity contribution is -0.119. The summed E-state index contributed by atoms with van der Waals surface area (Å²) in [7, 11) is 0. The predicted molar refractivity (Wildman–Crippen MR) is 105 cm³/mol. The fourth-order valence-corrected chi connectivity index (χ4v) is 4.10. The van der Waals surface area contributed by atoms with Gasteiger partial charge in [-0.1, -0.05) is 55.3 Å². The number of hydrogen-bond acceptors (Lipinski definition) is 4. The second-order valence-electron chi connectivity index (χ2n) is 6.73. The third-order valence-electron chi connectivity index (χ3n) is 4.67. The van der Waals surface area contributed by atoms with E-state index in [4.69, 9.17) is 4.99 Å². The quantitative estimate of drug-likeness (QED) is 0.864. The van der Waals surface area contributed by atoms with E-state index in [0.29, 0.717) is 6.04 Å². The number of nitrogens with zero attached hydrogens (tertiary/aromatic N) is 2. The summed E-state index contributed by atoms with van der Waals surface area (Å²) in [6, 6.07) is 8.72. The number of carbonyl (C=O) groups excluding carboxylic acids is 1. The van der Waals surface area contributed by atoms with Crippen LogP contribution in [0.2, 0.25) is 0 Å². The van der Waals surface area contributed by atoms with Gasteiger partial charge in [0, 0.05) is 12.7 Å². The van der Waals surface area contributed by atoms with Crippen LogP contribution in [-0.4, -0.2) is 28.6 Å². The van der Waals surface area contributed by atoms with Crippen molar-refractivity contribution in [3.05, 3.63) is 35.4 Å². The number of amidine groups is 1. The van der Waals surface area contributed by atoms with Gasteiger partial charge in [0.15, 0.2) is 5.17 Å². The molecule has 1 heterocycles. The number of thioether (sulfide) groups is 1. The molecule has 0 aromatic heterocycles. The molecule has 25 heavy (non-hydrogen) atoms. The minimum Gasteiger partial charge on any atom is -0.350 e. The molecule has 3 rings (SSSR count). The van der Waals surface area contributed by atoms with Gasteiger partial charge in [0.05, 0.1) is 17.8 Å². The lowest BCUT2D eigenvalue weighted by Crippen LogP contribution is -2.27. The maximum atomic E-state index is 11.2. The molecule has 1 fully saturated rings. The lowest BCUT2D eigenvalue weighted by atomic mass is 9.96. The number of hydrogen-bond donors (Lipinski definition) is 2. The fraction of sp³-hybridized carbons (Fsp3) is 0.526. The van der Waals surface area contributed by atoms with Crippen molar-refractivity contribution in [2.45, 2.75) is 58.0 Å². The highest BCUT2D eigenvalue weighted by atomic mass is 32.2. The SMILES string of the molecule is CC(=O)N[C@@H](C)c1ccc(C2=NNC(=NC3CCCCC3)SC2)cc1. The summed E-state index contributed by atoms with van der Waals surface area (Å²) < 4.78 is 0. The molecular weight excluding hydrogens is 332 g/mol. The molecule has 0 radical (unpaired) electrons. The molecule has 0 bridgehead atoms. The highest BCUT2D eigenvalue weighted by Crippen LogP contribution is 2.23. The van der Waals surface area contributed by atoms with Gasteiger partial charge in [-0.15, -0.1) is 0 Å². The molecule has 0 unspecified atom stereocenters. The summed E-state index contributed by atoms with van der Waals surface area (Å²) in [5.74, 6) is 0.817. The molecule has 1 aromatic carbocycles. The molecule has 1 atom stereocenters. The van der Waals surface area contributed by atoms with Gasteiger partial charge in [-0.3, -0.25) is 15.2 Å². The van der Waals surface area contributed by atoms with E-state index in [1.54, 1.807) is 11.8 Å². The van der Waals surface area contributed by atoms with Gasteiger partial charge >= 0.3 is 0 Å². The highest BCUT2D eigenvalue weighted by molar-refractivity contribution is 8.14. The summed E-state index contributed by atoms with van der Waals surface area (Å²) in [4.78, 5) is 16.0. The van der Waals surface area contributed by atoms with E-state index < -0.39 is 0 Å². The molecule has 134 valence electrons. The standard InChI is InChI=1S/C19H26N4OS/c1-13(20-14(2)24)15-8-10-16(11-9-15)18-12-25-19(23-22-18)21-17-6-4-3-5-7-17/h8-11,13,17H,3-7,12H2,1-2H3,(H,20,24)(H,21,23)/t13-/m0/s1. The Bertz CT molecular complexity index is 663. The molecule has 1 amide bonds. The fourth-order valence-electron chi connectivity index (χ4n) is 3.26. The van der Waals surface area contributed by atoms with Crippen molar-refractivity contribution in [2.75, 3.05) is 5.75 Å². The van der Waals surface area contributed by atoms with Gasteiger partial charge in [0.2, 0.25) is 5.91 Å². The van der Waals surface area contributed by atoms with Crippen molar-refractivity contribution in [1.82, 2.24) is 10.7 Å². The molecule has 1 aliphatic carbocycles. The summed E-state index contributed by atoms with van der Waals surface area (Å²) in [6.45, 7) is 3.52. The zero-order chi connectivity index (χ0) is 17.6. The van der Waals surface area contributed by atoms with Gasteiger partial charge in [-0.05, 0) is 30.9 Å². The van der Waals surface area contributed by atoms with E-state index in [-0.39, 0.29) is 11.9 Å². The normalized spacial score (nSPS) is 21.4. The molecular formula is C19H26N4OS. The van der Waals surface area contributed by atoms with Crippen LogP contribution in [0.15, 0.2) is 34.4 Å². The Hall–Kier alpha value is -1.82. The number of rotatable bonds is 4. The van der Waals surface area contributed by atoms with E-state index in [1.165, 1.54) is 39.0 Å². The monoisotopic (exact) mass is 358 g/mol. The van der Waals surface area contributed by atoms with E-state index in [9.17, 15) is 4.79 Å². The number of carbonyl (C=O) groups is 1. The topological polar surface area (TPSA) is 65.8 Å². The molecule has 0 spiro atoms. The van der Waals surface area contributed by atoms with Crippen molar-refractivity contribution in [2.24, 2.45) is 10.1 Å². The van der Waals surface area contributed by atoms with Gasteiger partial charge in [0.1, 0.15) is 0 Å². The summed E-state index contributed by atoms with van der Waals surface area (Å²) in [5.41, 5.74) is 6.36. The smallest absolute Gasteiger partial charge is 0.217 e. The van der Waals surface area contributed by atoms with Crippen LogP contribution in [-0.2, 0) is 4.79 Å². The average Bonchev–Trinajstić information content (AvgIpc) is 2.63. The van der Waals surface area contributed by atoms with Crippen molar-refractivity contribution in [1.29, 1.82) is 0 Å². The van der Waals surface area contributed by atoms with Crippen LogP contribution in [0, 0.1) is 0 Å². The molecule has 0 saturated heterocycles. The first-order valence-electron chi connectivity index (χ1n) is 9.02. The number of hydrazone groups is 1. The summed E-state index contributed by atoms with van der Waals surface area (Å²) in [6.07, 6.45) is 6.35. The Morgan fingerprint density at radius 3 is 2.60 bits per heavy atom. The molecule has 6 heteroatoms. The number of nitrogens with one attached hydrogen (secondary N) is 2. The molecule has 1 saturated carbocycles. The average molecular weight is 359 g/mol. The van der Waals surface area contributed by atoms with Crippen LogP contribution in [0.5, 0.6) is 0 Å². The van der Waals surface area contributed by atoms with Gasteiger partial charge < -0.3 is 5.32 Å². The van der Waals surface area contributed by atoms with Crippen LogP contribution in [0.4, 0.5) is 0 Å². The van der Waals surface area contributed by atoms with E-state index in [1.807, 2.05) is 6.92 Å². The van der Waals surface area contributed by atoms with Gasteiger partial charge in [-0.2, -0.15) is 5.10 Å². The van der Waals surface area contributed by atoms with Gasteiger partial charge in [-0.25, -0.2) is 0 Å². The van der Waals surface area contributed by atoms with E-state index in [0.717, 1.165) is 27.8 Å². The Labute approximate surface area is 153 Å². The molecule has 2 N–H and O–H groups in total. The minimum absolute atomic E-state index is 0.0152. The van der Waals surface area contributed by atoms with Crippen molar-refractivity contribution < 1.29 is 4.79 Å². The first-order chi connectivity index (χ1) is 12.1. The summed E-state index contributed by atoms with van der Waals surface area (Å²) in [5, 5.41) is 8.37. The predicted octanol–water partition coefficient (Wildman–Crippen LogP) is 3.61. The van der Waals surface area contributed by atoms with Crippen LogP contribution in [0.1, 0.15) is 63.1 Å². The first-order valence-corrected chi connectivity index (χ1v) is 10.0. The number of amides is 1. The van der Waals surface area contributed by atoms with Crippen molar-refractivity contribution in [3.8, 4) is 0 Å². The molecule has 1 aliphatic heterocycles. The van der Waals surface area contributed by atoms with Crippen molar-refractivity contribution in [3.63, 3.8) is 0 Å². The Morgan fingerprint density at radius 2 is 2.00 bits per heavy atom. The third-order valence-corrected chi connectivity index (χ3v) is 5.56. The second kappa shape index (κ2) is 8.52. The minimum atomic E-state index is -0.0152. The van der Waals surface area contributed by atoms with Crippen LogP contribution in [0.25, 0.3) is 0 Å². The van der Waals surface area contributed by atoms with Gasteiger partial charge in [0.25, 0.3) is 0 Å².